The Kier molecular flexibility index (Phi) is 4.81. The second-order valence-electron chi connectivity index (χ2n) is 4.29. The molecule has 0 saturated heterocycles. The Bertz CT molecular complexity index is 522. The molecule has 1 rings (SSSR count). The average Bonchev–Trinajstić information content (AvgIpc) is 2.36. The van der Waals surface area contributed by atoms with Gasteiger partial charge in [-0.05, 0) is 13.0 Å². The van der Waals surface area contributed by atoms with E-state index < -0.39 is 17.7 Å². The summed E-state index contributed by atoms with van der Waals surface area (Å²) in [4.78, 5) is 13.0. The molecule has 0 unspecified atom stereocenters. The van der Waals surface area contributed by atoms with Crippen LogP contribution in [0.25, 0.3) is 5.57 Å². The maximum Gasteiger partial charge on any atom is 0.418 e. The molecule has 0 N–H and O–H groups in total. The lowest BCUT2D eigenvalue weighted by Gasteiger charge is -2.23. The first-order chi connectivity index (χ1) is 9.20. The minimum absolute atomic E-state index is 0.0957. The van der Waals surface area contributed by atoms with Gasteiger partial charge in [0, 0.05) is 19.7 Å². The quantitative estimate of drug-likeness (QED) is 0.628. The number of carbonyl (C=O) groups excluding carboxylic acids is 1. The van der Waals surface area contributed by atoms with Gasteiger partial charge in [-0.2, -0.15) is 13.2 Å². The van der Waals surface area contributed by atoms with Gasteiger partial charge in [0.2, 0.25) is 0 Å². The van der Waals surface area contributed by atoms with Crippen LogP contribution in [0.1, 0.15) is 18.1 Å². The number of esters is 1. The lowest BCUT2D eigenvalue weighted by Crippen LogP contribution is -2.19. The SMILES string of the molecule is C=C(C(=O)OCC)c1cccc(C(F)(F)F)c1N(C)C. The highest BCUT2D eigenvalue weighted by atomic mass is 19.4. The largest absolute Gasteiger partial charge is 0.462 e. The molecule has 0 fully saturated rings. The van der Waals surface area contributed by atoms with Gasteiger partial charge in [-0.3, -0.25) is 0 Å². The highest BCUT2D eigenvalue weighted by Gasteiger charge is 2.35. The molecule has 0 atom stereocenters. The van der Waals surface area contributed by atoms with E-state index in [4.69, 9.17) is 4.74 Å². The molecule has 3 nitrogen and oxygen atoms in total. The number of carbonyl (C=O) groups is 1. The van der Waals surface area contributed by atoms with Crippen LogP contribution in [0.15, 0.2) is 24.8 Å². The number of ether oxygens (including phenoxy) is 1. The van der Waals surface area contributed by atoms with Crippen LogP contribution in [-0.2, 0) is 15.7 Å². The van der Waals surface area contributed by atoms with Gasteiger partial charge < -0.3 is 9.64 Å². The molecule has 0 aliphatic rings. The highest BCUT2D eigenvalue weighted by molar-refractivity contribution is 6.17. The zero-order chi connectivity index (χ0) is 15.5. The second kappa shape index (κ2) is 5.98. The fourth-order valence-electron chi connectivity index (χ4n) is 1.83. The third-order valence-corrected chi connectivity index (χ3v) is 2.64. The number of para-hydroxylation sites is 1. The van der Waals surface area contributed by atoms with Crippen molar-refractivity contribution in [1.82, 2.24) is 0 Å². The van der Waals surface area contributed by atoms with E-state index in [1.165, 1.54) is 31.1 Å². The van der Waals surface area contributed by atoms with E-state index in [-0.39, 0.29) is 23.4 Å². The second-order valence-corrected chi connectivity index (χ2v) is 4.29. The summed E-state index contributed by atoms with van der Waals surface area (Å²) in [6, 6.07) is 3.64. The maximum atomic E-state index is 13.0. The van der Waals surface area contributed by atoms with E-state index >= 15 is 0 Å². The third-order valence-electron chi connectivity index (χ3n) is 2.64. The zero-order valence-electron chi connectivity index (χ0n) is 11.5. The molecule has 0 bridgehead atoms. The molecule has 0 heterocycles. The fourth-order valence-corrected chi connectivity index (χ4v) is 1.83. The molecule has 6 heteroatoms. The molecule has 0 saturated carbocycles. The Hall–Kier alpha value is -1.98. The predicted molar refractivity (Wildman–Crippen MR) is 71.4 cm³/mol. The summed E-state index contributed by atoms with van der Waals surface area (Å²) < 4.78 is 43.9. The highest BCUT2D eigenvalue weighted by Crippen LogP contribution is 2.39. The Morgan fingerprint density at radius 3 is 2.40 bits per heavy atom. The first-order valence-electron chi connectivity index (χ1n) is 5.94. The number of rotatable bonds is 4. The number of alkyl halides is 3. The summed E-state index contributed by atoms with van der Waals surface area (Å²) in [5.41, 5.74) is -0.895. The molecular weight excluding hydrogens is 271 g/mol. The van der Waals surface area contributed by atoms with Crippen LogP contribution in [0.2, 0.25) is 0 Å². The molecule has 1 aromatic carbocycles. The minimum Gasteiger partial charge on any atom is -0.462 e. The van der Waals surface area contributed by atoms with Gasteiger partial charge >= 0.3 is 12.1 Å². The summed E-state index contributed by atoms with van der Waals surface area (Å²) >= 11 is 0. The van der Waals surface area contributed by atoms with Gasteiger partial charge in [-0.25, -0.2) is 4.79 Å². The Balaban J connectivity index is 3.41. The normalized spacial score (nSPS) is 11.1. The van der Waals surface area contributed by atoms with Gasteiger partial charge in [-0.1, -0.05) is 18.7 Å². The van der Waals surface area contributed by atoms with Gasteiger partial charge in [-0.15, -0.1) is 0 Å². The molecule has 0 aromatic heterocycles. The van der Waals surface area contributed by atoms with Crippen molar-refractivity contribution in [3.63, 3.8) is 0 Å². The first-order valence-corrected chi connectivity index (χ1v) is 5.94. The predicted octanol–water partition coefficient (Wildman–Crippen LogP) is 3.35. The van der Waals surface area contributed by atoms with Crippen molar-refractivity contribution in [2.24, 2.45) is 0 Å². The van der Waals surface area contributed by atoms with Crippen molar-refractivity contribution >= 4 is 17.2 Å². The van der Waals surface area contributed by atoms with E-state index in [1.807, 2.05) is 0 Å². The third kappa shape index (κ3) is 3.31. The van der Waals surface area contributed by atoms with Gasteiger partial charge in [0.15, 0.2) is 0 Å². The lowest BCUT2D eigenvalue weighted by molar-refractivity contribution is -0.138. The summed E-state index contributed by atoms with van der Waals surface area (Å²) in [7, 11) is 2.96. The number of hydrogen-bond acceptors (Lipinski definition) is 3. The standard InChI is InChI=1S/C14H16F3NO2/c1-5-20-13(19)9(2)10-7-6-8-11(14(15,16)17)12(10)18(3)4/h6-8H,2,5H2,1,3-4H3. The summed E-state index contributed by atoms with van der Waals surface area (Å²) in [5, 5.41) is 0. The zero-order valence-corrected chi connectivity index (χ0v) is 11.5. The monoisotopic (exact) mass is 287 g/mol. The molecule has 0 aliphatic carbocycles. The fraction of sp³-hybridized carbons (Fsp3) is 0.357. The first kappa shape index (κ1) is 16.1. The van der Waals surface area contributed by atoms with E-state index in [2.05, 4.69) is 6.58 Å². The lowest BCUT2D eigenvalue weighted by atomic mass is 10.00. The van der Waals surface area contributed by atoms with Crippen LogP contribution in [0, 0.1) is 0 Å². The van der Waals surface area contributed by atoms with E-state index in [0.29, 0.717) is 0 Å². The van der Waals surface area contributed by atoms with Crippen LogP contribution >= 0.6 is 0 Å². The van der Waals surface area contributed by atoms with Gasteiger partial charge in [0.1, 0.15) is 0 Å². The maximum absolute atomic E-state index is 13.0. The molecule has 20 heavy (non-hydrogen) atoms. The number of nitrogens with zero attached hydrogens (tertiary/aromatic N) is 1. The van der Waals surface area contributed by atoms with Crippen LogP contribution < -0.4 is 4.90 Å². The average molecular weight is 287 g/mol. The summed E-state index contributed by atoms with van der Waals surface area (Å²) in [5.74, 6) is -0.727. The molecule has 0 amide bonds. The molecule has 0 radical (unpaired) electrons. The van der Waals surface area contributed by atoms with E-state index in [9.17, 15) is 18.0 Å². The van der Waals surface area contributed by atoms with Crippen molar-refractivity contribution < 1.29 is 22.7 Å². The van der Waals surface area contributed by atoms with Crippen LogP contribution in [0.4, 0.5) is 18.9 Å². The van der Waals surface area contributed by atoms with Gasteiger partial charge in [0.25, 0.3) is 0 Å². The molecular formula is C14H16F3NO2. The smallest absolute Gasteiger partial charge is 0.418 e. The van der Waals surface area contributed by atoms with E-state index in [0.717, 1.165) is 6.07 Å². The van der Waals surface area contributed by atoms with Crippen molar-refractivity contribution in [3.8, 4) is 0 Å². The Labute approximate surface area is 115 Å². The van der Waals surface area contributed by atoms with Crippen molar-refractivity contribution in [3.05, 3.63) is 35.9 Å². The van der Waals surface area contributed by atoms with Crippen LogP contribution in [-0.4, -0.2) is 26.7 Å². The van der Waals surface area contributed by atoms with Crippen molar-refractivity contribution in [2.45, 2.75) is 13.1 Å². The Morgan fingerprint density at radius 2 is 1.95 bits per heavy atom. The molecule has 0 spiro atoms. The topological polar surface area (TPSA) is 29.5 Å². The number of hydrogen-bond donors (Lipinski definition) is 0. The molecule has 1 aromatic rings. The van der Waals surface area contributed by atoms with E-state index in [1.54, 1.807) is 6.92 Å². The van der Waals surface area contributed by atoms with Crippen LogP contribution in [0.5, 0.6) is 0 Å². The van der Waals surface area contributed by atoms with Crippen molar-refractivity contribution in [2.75, 3.05) is 25.6 Å². The number of benzene rings is 1. The summed E-state index contributed by atoms with van der Waals surface area (Å²) in [6.45, 7) is 5.29. The Morgan fingerprint density at radius 1 is 1.35 bits per heavy atom. The molecule has 0 aliphatic heterocycles. The minimum atomic E-state index is -4.51. The number of halogens is 3. The van der Waals surface area contributed by atoms with Crippen LogP contribution in [0.3, 0.4) is 0 Å². The van der Waals surface area contributed by atoms with Crippen molar-refractivity contribution in [1.29, 1.82) is 0 Å². The summed E-state index contributed by atoms with van der Waals surface area (Å²) in [6.07, 6.45) is -4.51. The van der Waals surface area contributed by atoms with Gasteiger partial charge in [0.05, 0.1) is 23.4 Å². The molecule has 110 valence electrons. The number of anilines is 1.